The molecule has 0 bridgehead atoms. The molecule has 130 valence electrons. The van der Waals surface area contributed by atoms with Crippen LogP contribution >= 0.6 is 0 Å². The molecule has 0 radical (unpaired) electrons. The summed E-state index contributed by atoms with van der Waals surface area (Å²) in [7, 11) is 0. The lowest BCUT2D eigenvalue weighted by molar-refractivity contribution is -0.385. The quantitative estimate of drug-likeness (QED) is 0.418. The van der Waals surface area contributed by atoms with E-state index in [4.69, 9.17) is 4.74 Å². The number of rotatable bonds is 6. The number of para-hydroxylation sites is 2. The SMILES string of the molecule is O=C(COc1cccc2cccnc12)NN=Cc1ccccc1[N+](=O)[O-]. The first kappa shape index (κ1) is 17.0. The number of ether oxygens (including phenoxy) is 1. The number of nitro benzene ring substituents is 1. The van der Waals surface area contributed by atoms with Crippen molar-refractivity contribution in [3.63, 3.8) is 0 Å². The number of fused-ring (bicyclic) bond motifs is 1. The van der Waals surface area contributed by atoms with Crippen LogP contribution in [-0.4, -0.2) is 28.6 Å². The topological polar surface area (TPSA) is 107 Å². The second-order valence-corrected chi connectivity index (χ2v) is 5.23. The maximum atomic E-state index is 11.9. The Labute approximate surface area is 148 Å². The van der Waals surface area contributed by atoms with Crippen LogP contribution in [0.3, 0.4) is 0 Å². The average molecular weight is 350 g/mol. The van der Waals surface area contributed by atoms with Crippen LogP contribution in [0.2, 0.25) is 0 Å². The largest absolute Gasteiger partial charge is 0.481 e. The molecule has 0 saturated heterocycles. The number of carbonyl (C=O) groups excluding carboxylic acids is 1. The molecule has 26 heavy (non-hydrogen) atoms. The van der Waals surface area contributed by atoms with Crippen LogP contribution in [0, 0.1) is 10.1 Å². The fraction of sp³-hybridized carbons (Fsp3) is 0.0556. The summed E-state index contributed by atoms with van der Waals surface area (Å²) in [6.45, 7) is -0.260. The summed E-state index contributed by atoms with van der Waals surface area (Å²) in [5.41, 5.74) is 3.13. The number of amides is 1. The summed E-state index contributed by atoms with van der Waals surface area (Å²) in [4.78, 5) is 26.5. The van der Waals surface area contributed by atoms with Gasteiger partial charge in [-0.15, -0.1) is 0 Å². The monoisotopic (exact) mass is 350 g/mol. The van der Waals surface area contributed by atoms with E-state index in [1.807, 2.05) is 24.3 Å². The molecular formula is C18H14N4O4. The number of hydrazone groups is 1. The number of nitrogens with one attached hydrogen (secondary N) is 1. The van der Waals surface area contributed by atoms with E-state index in [0.717, 1.165) is 5.39 Å². The third kappa shape index (κ3) is 3.99. The second kappa shape index (κ2) is 7.84. The van der Waals surface area contributed by atoms with Gasteiger partial charge < -0.3 is 4.74 Å². The number of aromatic nitrogens is 1. The van der Waals surface area contributed by atoms with Gasteiger partial charge in [-0.3, -0.25) is 19.9 Å². The van der Waals surface area contributed by atoms with Crippen molar-refractivity contribution in [2.45, 2.75) is 0 Å². The van der Waals surface area contributed by atoms with Gasteiger partial charge in [0.15, 0.2) is 6.61 Å². The van der Waals surface area contributed by atoms with E-state index in [-0.39, 0.29) is 17.9 Å². The Balaban J connectivity index is 1.60. The maximum Gasteiger partial charge on any atom is 0.278 e. The minimum Gasteiger partial charge on any atom is -0.481 e. The van der Waals surface area contributed by atoms with Crippen molar-refractivity contribution in [1.29, 1.82) is 0 Å². The Morgan fingerprint density at radius 1 is 1.19 bits per heavy atom. The number of hydrogen-bond acceptors (Lipinski definition) is 6. The predicted octanol–water partition coefficient (Wildman–Crippen LogP) is 2.67. The molecule has 0 aliphatic heterocycles. The van der Waals surface area contributed by atoms with Gasteiger partial charge in [0, 0.05) is 17.6 Å². The van der Waals surface area contributed by atoms with Gasteiger partial charge in [-0.2, -0.15) is 5.10 Å². The summed E-state index contributed by atoms with van der Waals surface area (Å²) >= 11 is 0. The molecule has 0 saturated carbocycles. The van der Waals surface area contributed by atoms with E-state index < -0.39 is 10.8 Å². The van der Waals surface area contributed by atoms with Gasteiger partial charge in [-0.25, -0.2) is 5.43 Å². The number of benzene rings is 2. The number of carbonyl (C=O) groups is 1. The second-order valence-electron chi connectivity index (χ2n) is 5.23. The fourth-order valence-corrected chi connectivity index (χ4v) is 2.31. The van der Waals surface area contributed by atoms with Crippen molar-refractivity contribution in [2.75, 3.05) is 6.61 Å². The maximum absolute atomic E-state index is 11.9. The molecule has 0 atom stereocenters. The van der Waals surface area contributed by atoms with Crippen molar-refractivity contribution < 1.29 is 14.5 Å². The molecule has 1 N–H and O–H groups in total. The lowest BCUT2D eigenvalue weighted by Crippen LogP contribution is -2.24. The molecule has 0 aliphatic carbocycles. The van der Waals surface area contributed by atoms with E-state index >= 15 is 0 Å². The highest BCUT2D eigenvalue weighted by Crippen LogP contribution is 2.22. The zero-order valence-electron chi connectivity index (χ0n) is 13.5. The lowest BCUT2D eigenvalue weighted by Gasteiger charge is -2.07. The van der Waals surface area contributed by atoms with Crippen molar-refractivity contribution >= 4 is 28.7 Å². The smallest absolute Gasteiger partial charge is 0.278 e. The molecule has 2 aromatic carbocycles. The Morgan fingerprint density at radius 2 is 2.00 bits per heavy atom. The van der Waals surface area contributed by atoms with E-state index in [0.29, 0.717) is 11.3 Å². The molecule has 0 unspecified atom stereocenters. The number of nitrogens with zero attached hydrogens (tertiary/aromatic N) is 3. The van der Waals surface area contributed by atoms with E-state index in [1.165, 1.54) is 18.3 Å². The van der Waals surface area contributed by atoms with E-state index in [9.17, 15) is 14.9 Å². The van der Waals surface area contributed by atoms with Gasteiger partial charge in [0.1, 0.15) is 11.3 Å². The van der Waals surface area contributed by atoms with Gasteiger partial charge >= 0.3 is 0 Å². The van der Waals surface area contributed by atoms with E-state index in [2.05, 4.69) is 15.5 Å². The first-order valence-corrected chi connectivity index (χ1v) is 7.67. The van der Waals surface area contributed by atoms with Crippen molar-refractivity contribution in [3.05, 3.63) is 76.5 Å². The number of pyridine rings is 1. The zero-order valence-corrected chi connectivity index (χ0v) is 13.5. The molecule has 1 amide bonds. The molecule has 1 heterocycles. The zero-order chi connectivity index (χ0) is 18.4. The minimum atomic E-state index is -0.514. The molecule has 0 fully saturated rings. The summed E-state index contributed by atoms with van der Waals surface area (Å²) in [6, 6.07) is 15.2. The molecule has 1 aromatic heterocycles. The van der Waals surface area contributed by atoms with Gasteiger partial charge in [-0.1, -0.05) is 30.3 Å². The Bertz CT molecular complexity index is 982. The molecule has 0 spiro atoms. The average Bonchev–Trinajstić information content (AvgIpc) is 2.66. The van der Waals surface area contributed by atoms with Gasteiger partial charge in [0.2, 0.25) is 0 Å². The summed E-state index contributed by atoms with van der Waals surface area (Å²) < 4.78 is 5.49. The van der Waals surface area contributed by atoms with Crippen LogP contribution in [-0.2, 0) is 4.79 Å². The normalized spacial score (nSPS) is 10.8. The summed E-state index contributed by atoms with van der Waals surface area (Å²) in [5.74, 6) is -0.00584. The number of nitro groups is 1. The summed E-state index contributed by atoms with van der Waals surface area (Å²) in [5, 5.41) is 15.6. The third-order valence-corrected chi connectivity index (χ3v) is 3.48. The third-order valence-electron chi connectivity index (χ3n) is 3.48. The van der Waals surface area contributed by atoms with Crippen LogP contribution in [0.25, 0.3) is 10.9 Å². The highest BCUT2D eigenvalue weighted by molar-refractivity contribution is 5.87. The van der Waals surface area contributed by atoms with Crippen molar-refractivity contribution in [2.24, 2.45) is 5.10 Å². The van der Waals surface area contributed by atoms with Crippen LogP contribution in [0.1, 0.15) is 5.56 Å². The van der Waals surface area contributed by atoms with Crippen molar-refractivity contribution in [3.8, 4) is 5.75 Å². The number of hydrogen-bond donors (Lipinski definition) is 1. The van der Waals surface area contributed by atoms with Crippen LogP contribution in [0.15, 0.2) is 65.9 Å². The molecule has 8 nitrogen and oxygen atoms in total. The highest BCUT2D eigenvalue weighted by Gasteiger charge is 2.10. The summed E-state index contributed by atoms with van der Waals surface area (Å²) in [6.07, 6.45) is 2.86. The Hall–Kier alpha value is -3.81. The highest BCUT2D eigenvalue weighted by atomic mass is 16.6. The predicted molar refractivity (Wildman–Crippen MR) is 96.1 cm³/mol. The molecule has 0 aliphatic rings. The van der Waals surface area contributed by atoms with Gasteiger partial charge in [0.05, 0.1) is 16.7 Å². The minimum absolute atomic E-state index is 0.0939. The van der Waals surface area contributed by atoms with Crippen LogP contribution in [0.4, 0.5) is 5.69 Å². The fourth-order valence-electron chi connectivity index (χ4n) is 2.31. The lowest BCUT2D eigenvalue weighted by atomic mass is 10.2. The van der Waals surface area contributed by atoms with Gasteiger partial charge in [-0.05, 0) is 18.2 Å². The first-order chi connectivity index (χ1) is 12.6. The van der Waals surface area contributed by atoms with Gasteiger partial charge in [0.25, 0.3) is 11.6 Å². The Morgan fingerprint density at radius 3 is 2.85 bits per heavy atom. The van der Waals surface area contributed by atoms with Crippen LogP contribution in [0.5, 0.6) is 5.75 Å². The molecular weight excluding hydrogens is 336 g/mol. The molecule has 8 heteroatoms. The van der Waals surface area contributed by atoms with E-state index in [1.54, 1.807) is 24.4 Å². The standard InChI is InChI=1S/C18H14N4O4/c23-17(21-20-11-14-5-1-2-8-15(14)22(24)25)12-26-16-9-3-6-13-7-4-10-19-18(13)16/h1-11H,12H2,(H,21,23). The van der Waals surface area contributed by atoms with Crippen LogP contribution < -0.4 is 10.2 Å². The first-order valence-electron chi connectivity index (χ1n) is 7.67. The molecule has 3 aromatic rings. The Kier molecular flexibility index (Phi) is 5.14. The molecule has 3 rings (SSSR count). The van der Waals surface area contributed by atoms with Crippen molar-refractivity contribution in [1.82, 2.24) is 10.4 Å².